The molecule has 0 aliphatic heterocycles. The number of nitrogens with zero attached hydrogens (tertiary/aromatic N) is 4. The lowest BCUT2D eigenvalue weighted by Crippen LogP contribution is -2.14. The maximum atomic E-state index is 12.3. The van der Waals surface area contributed by atoms with Crippen molar-refractivity contribution in [2.45, 2.75) is 25.2 Å². The molecule has 4 rings (SSSR count). The Bertz CT molecular complexity index is 1080. The molecule has 0 spiro atoms. The number of benzene rings is 2. The molecule has 0 aliphatic rings. The summed E-state index contributed by atoms with van der Waals surface area (Å²) in [5.41, 5.74) is 0.884. The van der Waals surface area contributed by atoms with Crippen molar-refractivity contribution in [2.24, 2.45) is 0 Å². The molecular weight excluding hydrogens is 406 g/mol. The average Bonchev–Trinajstić information content (AvgIpc) is 3.34. The predicted molar refractivity (Wildman–Crippen MR) is 115 cm³/mol. The van der Waals surface area contributed by atoms with Gasteiger partial charge in [0.2, 0.25) is 5.91 Å². The van der Waals surface area contributed by atoms with E-state index in [0.717, 1.165) is 21.8 Å². The van der Waals surface area contributed by atoms with Crippen molar-refractivity contribution < 1.29 is 9.53 Å². The number of carbonyl (C=O) groups excluding carboxylic acids is 1. The molecule has 0 radical (unpaired) electrons. The second-order valence-electron chi connectivity index (χ2n) is 6.07. The van der Waals surface area contributed by atoms with Crippen LogP contribution in [-0.2, 0) is 17.9 Å². The van der Waals surface area contributed by atoms with E-state index in [1.54, 1.807) is 0 Å². The first kappa shape index (κ1) is 19.4. The number of amides is 1. The zero-order valence-electron chi connectivity index (χ0n) is 15.7. The fourth-order valence-corrected chi connectivity index (χ4v) is 4.43. The molecule has 29 heavy (non-hydrogen) atoms. The average molecular weight is 426 g/mol. The third-order valence-electron chi connectivity index (χ3n) is 4.09. The first-order valence-corrected chi connectivity index (χ1v) is 10.9. The van der Waals surface area contributed by atoms with Gasteiger partial charge in [-0.3, -0.25) is 4.79 Å². The van der Waals surface area contributed by atoms with Gasteiger partial charge in [0.15, 0.2) is 16.1 Å². The maximum Gasteiger partial charge on any atom is 0.236 e. The third-order valence-corrected chi connectivity index (χ3v) is 6.01. The smallest absolute Gasteiger partial charge is 0.236 e. The van der Waals surface area contributed by atoms with Crippen molar-refractivity contribution in [2.75, 3.05) is 11.1 Å². The topological polar surface area (TPSA) is 81.9 Å². The quantitative estimate of drug-likeness (QED) is 0.426. The van der Waals surface area contributed by atoms with E-state index in [1.165, 1.54) is 23.1 Å². The molecule has 0 aliphatic carbocycles. The van der Waals surface area contributed by atoms with E-state index in [9.17, 15) is 4.79 Å². The fraction of sp³-hybridized carbons (Fsp3) is 0.200. The number of nitrogens with one attached hydrogen (secondary N) is 1. The molecule has 0 unspecified atom stereocenters. The summed E-state index contributed by atoms with van der Waals surface area (Å²) in [5, 5.41) is 12.6. The van der Waals surface area contributed by atoms with Crippen LogP contribution < -0.4 is 10.1 Å². The summed E-state index contributed by atoms with van der Waals surface area (Å²) in [4.78, 5) is 16.8. The van der Waals surface area contributed by atoms with Crippen LogP contribution in [0.2, 0.25) is 0 Å². The van der Waals surface area contributed by atoms with Crippen LogP contribution in [0.3, 0.4) is 0 Å². The van der Waals surface area contributed by atoms with Gasteiger partial charge in [-0.2, -0.15) is 0 Å². The fourth-order valence-electron chi connectivity index (χ4n) is 2.73. The monoisotopic (exact) mass is 425 g/mol. The molecule has 2 aromatic heterocycles. The van der Waals surface area contributed by atoms with Gasteiger partial charge >= 0.3 is 0 Å². The largest absolute Gasteiger partial charge is 0.486 e. The summed E-state index contributed by atoms with van der Waals surface area (Å²) in [6.07, 6.45) is 0. The summed E-state index contributed by atoms with van der Waals surface area (Å²) < 4.78 is 8.77. The highest BCUT2D eigenvalue weighted by atomic mass is 32.2. The predicted octanol–water partition coefficient (Wildman–Crippen LogP) is 4.22. The number of anilines is 1. The summed E-state index contributed by atoms with van der Waals surface area (Å²) in [5.74, 6) is 1.61. The molecule has 7 nitrogen and oxygen atoms in total. The van der Waals surface area contributed by atoms with Crippen LogP contribution in [0.15, 0.2) is 59.8 Å². The zero-order chi connectivity index (χ0) is 20.1. The minimum atomic E-state index is -0.123. The van der Waals surface area contributed by atoms with Crippen LogP contribution in [0.1, 0.15) is 12.7 Å². The van der Waals surface area contributed by atoms with Gasteiger partial charge in [0.05, 0.1) is 16.0 Å². The van der Waals surface area contributed by atoms with Gasteiger partial charge in [0.1, 0.15) is 12.4 Å². The third kappa shape index (κ3) is 4.75. The number of hydrogen-bond donors (Lipinski definition) is 1. The van der Waals surface area contributed by atoms with Crippen molar-refractivity contribution in [3.05, 3.63) is 60.4 Å². The second-order valence-corrected chi connectivity index (χ2v) is 8.04. The van der Waals surface area contributed by atoms with Gasteiger partial charge in [-0.25, -0.2) is 4.98 Å². The Kier molecular flexibility index (Phi) is 6.06. The summed E-state index contributed by atoms with van der Waals surface area (Å²) in [6, 6.07) is 17.4. The number of hydrogen-bond acceptors (Lipinski definition) is 7. The van der Waals surface area contributed by atoms with E-state index in [2.05, 4.69) is 20.5 Å². The number of thioether (sulfide) groups is 1. The molecule has 0 atom stereocenters. The molecule has 0 bridgehead atoms. The van der Waals surface area contributed by atoms with Crippen LogP contribution in [0.4, 0.5) is 5.13 Å². The summed E-state index contributed by atoms with van der Waals surface area (Å²) >= 11 is 2.81. The molecule has 0 fully saturated rings. The standard InChI is InChI=1S/C20H19N5O2S2/c1-2-25-17(12-27-14-8-4-3-5-9-14)23-24-20(25)28-13-18(26)22-19-21-15-10-6-7-11-16(15)29-19/h3-11H,2,12-13H2,1H3,(H,21,22,26). The summed E-state index contributed by atoms with van der Waals surface area (Å²) in [6.45, 7) is 3.03. The lowest BCUT2D eigenvalue weighted by Gasteiger charge is -2.08. The Hall–Kier alpha value is -2.91. The number of para-hydroxylation sites is 2. The zero-order valence-corrected chi connectivity index (χ0v) is 17.4. The molecule has 0 saturated carbocycles. The Morgan fingerprint density at radius 3 is 2.72 bits per heavy atom. The van der Waals surface area contributed by atoms with E-state index in [-0.39, 0.29) is 11.7 Å². The highest BCUT2D eigenvalue weighted by Gasteiger charge is 2.14. The number of thiazole rings is 1. The minimum absolute atomic E-state index is 0.123. The molecule has 1 amide bonds. The molecule has 148 valence electrons. The highest BCUT2D eigenvalue weighted by molar-refractivity contribution is 7.99. The van der Waals surface area contributed by atoms with Crippen molar-refractivity contribution >= 4 is 44.4 Å². The number of fused-ring (bicyclic) bond motifs is 1. The van der Waals surface area contributed by atoms with E-state index in [4.69, 9.17) is 4.74 Å². The van der Waals surface area contributed by atoms with Gasteiger partial charge in [-0.05, 0) is 31.2 Å². The summed E-state index contributed by atoms with van der Waals surface area (Å²) in [7, 11) is 0. The Morgan fingerprint density at radius 2 is 1.93 bits per heavy atom. The highest BCUT2D eigenvalue weighted by Crippen LogP contribution is 2.26. The number of aromatic nitrogens is 4. The van der Waals surface area contributed by atoms with E-state index in [0.29, 0.717) is 23.4 Å². The Morgan fingerprint density at radius 1 is 1.14 bits per heavy atom. The van der Waals surface area contributed by atoms with Crippen molar-refractivity contribution in [3.63, 3.8) is 0 Å². The number of ether oxygens (including phenoxy) is 1. The van der Waals surface area contributed by atoms with Crippen LogP contribution in [-0.4, -0.2) is 31.4 Å². The van der Waals surface area contributed by atoms with Crippen LogP contribution in [0.25, 0.3) is 10.2 Å². The lowest BCUT2D eigenvalue weighted by atomic mass is 10.3. The lowest BCUT2D eigenvalue weighted by molar-refractivity contribution is -0.113. The molecule has 9 heteroatoms. The normalized spacial score (nSPS) is 10.9. The van der Waals surface area contributed by atoms with Gasteiger partial charge in [-0.1, -0.05) is 53.4 Å². The SMILES string of the molecule is CCn1c(COc2ccccc2)nnc1SCC(=O)Nc1nc2ccccc2s1. The van der Waals surface area contributed by atoms with Crippen LogP contribution >= 0.6 is 23.1 Å². The number of carbonyl (C=O) groups is 1. The molecule has 0 saturated heterocycles. The van der Waals surface area contributed by atoms with E-state index >= 15 is 0 Å². The molecule has 2 heterocycles. The Labute approximate surface area is 176 Å². The van der Waals surface area contributed by atoms with E-state index in [1.807, 2.05) is 66.1 Å². The molecule has 4 aromatic rings. The molecule has 1 N–H and O–H groups in total. The number of rotatable bonds is 8. The molecular formula is C20H19N5O2S2. The van der Waals surface area contributed by atoms with Gasteiger partial charge in [-0.15, -0.1) is 10.2 Å². The Balaban J connectivity index is 1.35. The van der Waals surface area contributed by atoms with E-state index < -0.39 is 0 Å². The van der Waals surface area contributed by atoms with Gasteiger partial charge in [0.25, 0.3) is 0 Å². The van der Waals surface area contributed by atoms with Crippen molar-refractivity contribution in [1.29, 1.82) is 0 Å². The van der Waals surface area contributed by atoms with Crippen molar-refractivity contribution in [1.82, 2.24) is 19.7 Å². The maximum absolute atomic E-state index is 12.3. The van der Waals surface area contributed by atoms with Gasteiger partial charge < -0.3 is 14.6 Å². The van der Waals surface area contributed by atoms with Crippen LogP contribution in [0.5, 0.6) is 5.75 Å². The second kappa shape index (κ2) is 9.06. The minimum Gasteiger partial charge on any atom is -0.486 e. The first-order chi connectivity index (χ1) is 14.2. The van der Waals surface area contributed by atoms with Crippen LogP contribution in [0, 0.1) is 0 Å². The van der Waals surface area contributed by atoms with Gasteiger partial charge in [0, 0.05) is 6.54 Å². The first-order valence-electron chi connectivity index (χ1n) is 9.11. The molecule has 2 aromatic carbocycles. The van der Waals surface area contributed by atoms with Crippen molar-refractivity contribution in [3.8, 4) is 5.75 Å².